The van der Waals surface area contributed by atoms with Gasteiger partial charge in [-0.05, 0) is 49.3 Å². The highest BCUT2D eigenvalue weighted by atomic mass is 32.2. The Balaban J connectivity index is 1.62. The van der Waals surface area contributed by atoms with Gasteiger partial charge in [0, 0.05) is 25.2 Å². The van der Waals surface area contributed by atoms with Crippen molar-refractivity contribution in [1.29, 1.82) is 0 Å². The van der Waals surface area contributed by atoms with E-state index in [1.165, 1.54) is 42.9 Å². The van der Waals surface area contributed by atoms with Crippen LogP contribution in [0.25, 0.3) is 0 Å². The van der Waals surface area contributed by atoms with E-state index in [2.05, 4.69) is 40.2 Å². The Hall–Kier alpha value is -0.870. The number of methoxy groups -OCH3 is 1. The summed E-state index contributed by atoms with van der Waals surface area (Å²) in [5.74, 6) is 3.63. The number of thioether (sulfide) groups is 1. The molecule has 0 saturated carbocycles. The van der Waals surface area contributed by atoms with Crippen molar-refractivity contribution in [1.82, 2.24) is 5.32 Å². The van der Waals surface area contributed by atoms with Gasteiger partial charge in [0.2, 0.25) is 0 Å². The maximum Gasteiger partial charge on any atom is 0.142 e. The summed E-state index contributed by atoms with van der Waals surface area (Å²) in [5, 5.41) is 3.90. The predicted octanol–water partition coefficient (Wildman–Crippen LogP) is 3.15. The molecule has 3 rings (SSSR count). The number of nitrogens with zero attached hydrogens (tertiary/aromatic N) is 1. The van der Waals surface area contributed by atoms with Crippen molar-refractivity contribution in [3.05, 3.63) is 24.3 Å². The molecule has 116 valence electrons. The number of ether oxygens (including phenoxy) is 1. The van der Waals surface area contributed by atoms with Crippen LogP contribution in [0.1, 0.15) is 25.7 Å². The summed E-state index contributed by atoms with van der Waals surface area (Å²) in [7, 11) is 1.76. The molecule has 0 bridgehead atoms. The molecule has 0 radical (unpaired) electrons. The summed E-state index contributed by atoms with van der Waals surface area (Å²) in [6, 6.07) is 9.74. The van der Waals surface area contributed by atoms with E-state index in [1.807, 2.05) is 6.07 Å². The molecule has 2 fully saturated rings. The zero-order valence-electron chi connectivity index (χ0n) is 12.9. The first kappa shape index (κ1) is 15.0. The third-order valence-corrected chi connectivity index (χ3v) is 5.59. The molecule has 0 amide bonds. The van der Waals surface area contributed by atoms with Crippen LogP contribution in [0, 0.1) is 0 Å². The molecule has 1 atom stereocenters. The molecule has 2 aliphatic heterocycles. The second kappa shape index (κ2) is 7.41. The van der Waals surface area contributed by atoms with Gasteiger partial charge in [-0.1, -0.05) is 12.1 Å². The van der Waals surface area contributed by atoms with E-state index in [-0.39, 0.29) is 0 Å². The summed E-state index contributed by atoms with van der Waals surface area (Å²) in [5.41, 5.74) is 1.24. The largest absolute Gasteiger partial charge is 0.495 e. The summed E-state index contributed by atoms with van der Waals surface area (Å²) in [6.07, 6.45) is 5.22. The molecule has 0 aromatic heterocycles. The summed E-state index contributed by atoms with van der Waals surface area (Å²) in [4.78, 5) is 2.48. The number of hydrogen-bond donors (Lipinski definition) is 1. The molecular formula is C17H26N2OS. The van der Waals surface area contributed by atoms with E-state index in [1.54, 1.807) is 7.11 Å². The highest BCUT2D eigenvalue weighted by Crippen LogP contribution is 2.30. The minimum absolute atomic E-state index is 0.622. The van der Waals surface area contributed by atoms with E-state index in [0.717, 1.165) is 24.9 Å². The molecule has 1 N–H and O–H groups in total. The fourth-order valence-corrected chi connectivity index (χ4v) is 4.53. The van der Waals surface area contributed by atoms with Crippen LogP contribution in [0.15, 0.2) is 24.3 Å². The van der Waals surface area contributed by atoms with Gasteiger partial charge in [0.05, 0.1) is 12.8 Å². The molecule has 2 heterocycles. The van der Waals surface area contributed by atoms with Gasteiger partial charge in [-0.3, -0.25) is 0 Å². The molecule has 0 unspecified atom stereocenters. The predicted molar refractivity (Wildman–Crippen MR) is 91.7 cm³/mol. The fourth-order valence-electron chi connectivity index (χ4n) is 3.42. The molecule has 0 aliphatic carbocycles. The summed E-state index contributed by atoms with van der Waals surface area (Å²) in [6.45, 7) is 2.24. The van der Waals surface area contributed by atoms with Crippen LogP contribution in [-0.4, -0.2) is 43.8 Å². The Morgan fingerprint density at radius 1 is 1.14 bits per heavy atom. The maximum absolute atomic E-state index is 5.52. The van der Waals surface area contributed by atoms with E-state index >= 15 is 0 Å². The number of hydrogen-bond acceptors (Lipinski definition) is 4. The quantitative estimate of drug-likeness (QED) is 0.923. The Bertz CT molecular complexity index is 448. The monoisotopic (exact) mass is 306 g/mol. The third kappa shape index (κ3) is 3.86. The van der Waals surface area contributed by atoms with Crippen LogP contribution in [0.3, 0.4) is 0 Å². The number of para-hydroxylation sites is 2. The minimum Gasteiger partial charge on any atom is -0.495 e. The first-order valence-electron chi connectivity index (χ1n) is 8.08. The number of benzene rings is 1. The Labute approximate surface area is 132 Å². The lowest BCUT2D eigenvalue weighted by atomic mass is 10.0. The minimum atomic E-state index is 0.622. The lowest BCUT2D eigenvalue weighted by molar-refractivity contribution is 0.357. The van der Waals surface area contributed by atoms with Crippen molar-refractivity contribution in [3.8, 4) is 5.75 Å². The topological polar surface area (TPSA) is 24.5 Å². The average molecular weight is 306 g/mol. The van der Waals surface area contributed by atoms with E-state index in [4.69, 9.17) is 4.74 Å². The van der Waals surface area contributed by atoms with Crippen LogP contribution < -0.4 is 15.0 Å². The number of anilines is 1. The van der Waals surface area contributed by atoms with Gasteiger partial charge in [0.25, 0.3) is 0 Å². The highest BCUT2D eigenvalue weighted by Gasteiger charge is 2.24. The SMILES string of the molecule is COc1ccccc1N1CCC[C@H](NC2CCSCC2)C1. The zero-order valence-corrected chi connectivity index (χ0v) is 13.7. The van der Waals surface area contributed by atoms with E-state index < -0.39 is 0 Å². The standard InChI is InChI=1S/C17H26N2OS/c1-20-17-7-3-2-6-16(17)19-10-4-5-15(13-19)18-14-8-11-21-12-9-14/h2-3,6-7,14-15,18H,4-5,8-13H2,1H3/t15-/m0/s1. The fraction of sp³-hybridized carbons (Fsp3) is 0.647. The third-order valence-electron chi connectivity index (χ3n) is 4.54. The van der Waals surface area contributed by atoms with Gasteiger partial charge < -0.3 is 15.0 Å². The first-order chi connectivity index (χ1) is 10.4. The lowest BCUT2D eigenvalue weighted by Crippen LogP contribution is -2.50. The second-order valence-electron chi connectivity index (χ2n) is 6.01. The van der Waals surface area contributed by atoms with Gasteiger partial charge >= 0.3 is 0 Å². The van der Waals surface area contributed by atoms with E-state index in [9.17, 15) is 0 Å². The van der Waals surface area contributed by atoms with Gasteiger partial charge in [0.15, 0.2) is 0 Å². The van der Waals surface area contributed by atoms with Gasteiger partial charge in [-0.25, -0.2) is 0 Å². The second-order valence-corrected chi connectivity index (χ2v) is 7.24. The van der Waals surface area contributed by atoms with Crippen molar-refractivity contribution in [3.63, 3.8) is 0 Å². The Morgan fingerprint density at radius 2 is 1.95 bits per heavy atom. The smallest absolute Gasteiger partial charge is 0.142 e. The molecule has 21 heavy (non-hydrogen) atoms. The van der Waals surface area contributed by atoms with Crippen LogP contribution in [0.5, 0.6) is 5.75 Å². The van der Waals surface area contributed by atoms with Gasteiger partial charge in [0.1, 0.15) is 5.75 Å². The normalized spacial score (nSPS) is 24.0. The number of piperidine rings is 1. The van der Waals surface area contributed by atoms with Gasteiger partial charge in [-0.15, -0.1) is 0 Å². The molecule has 2 aliphatic rings. The first-order valence-corrected chi connectivity index (χ1v) is 9.24. The molecular weight excluding hydrogens is 280 g/mol. The van der Waals surface area contributed by atoms with Crippen LogP contribution in [0.4, 0.5) is 5.69 Å². The molecule has 3 nitrogen and oxygen atoms in total. The van der Waals surface area contributed by atoms with Crippen molar-refractivity contribution < 1.29 is 4.74 Å². The summed E-state index contributed by atoms with van der Waals surface area (Å²) < 4.78 is 5.52. The van der Waals surface area contributed by atoms with E-state index in [0.29, 0.717) is 6.04 Å². The Kier molecular flexibility index (Phi) is 5.31. The molecule has 1 aromatic rings. The Morgan fingerprint density at radius 3 is 2.76 bits per heavy atom. The van der Waals surface area contributed by atoms with Gasteiger partial charge in [-0.2, -0.15) is 11.8 Å². The van der Waals surface area contributed by atoms with Crippen molar-refractivity contribution in [2.45, 2.75) is 37.8 Å². The maximum atomic E-state index is 5.52. The molecule has 1 aromatic carbocycles. The zero-order chi connectivity index (χ0) is 14.5. The highest BCUT2D eigenvalue weighted by molar-refractivity contribution is 7.99. The van der Waals surface area contributed by atoms with Crippen LogP contribution >= 0.6 is 11.8 Å². The van der Waals surface area contributed by atoms with Crippen LogP contribution in [-0.2, 0) is 0 Å². The molecule has 0 spiro atoms. The van der Waals surface area contributed by atoms with Crippen molar-refractivity contribution in [2.24, 2.45) is 0 Å². The number of nitrogens with one attached hydrogen (secondary N) is 1. The lowest BCUT2D eigenvalue weighted by Gasteiger charge is -2.38. The molecule has 4 heteroatoms. The van der Waals surface area contributed by atoms with Crippen molar-refractivity contribution in [2.75, 3.05) is 36.6 Å². The summed E-state index contributed by atoms with van der Waals surface area (Å²) >= 11 is 2.10. The average Bonchev–Trinajstić information content (AvgIpc) is 2.56. The molecule has 2 saturated heterocycles. The van der Waals surface area contributed by atoms with Crippen LogP contribution in [0.2, 0.25) is 0 Å². The van der Waals surface area contributed by atoms with Crippen molar-refractivity contribution >= 4 is 17.4 Å². The number of rotatable bonds is 4.